The molecule has 0 bridgehead atoms. The number of carbonyl (C=O) groups is 2. The van der Waals surface area contributed by atoms with Crippen molar-refractivity contribution in [2.75, 3.05) is 39.8 Å². The van der Waals surface area contributed by atoms with Gasteiger partial charge in [-0.1, -0.05) is 18.2 Å². The fourth-order valence-electron chi connectivity index (χ4n) is 2.62. The predicted molar refractivity (Wildman–Crippen MR) is 81.6 cm³/mol. The molecule has 1 N–H and O–H groups in total. The summed E-state index contributed by atoms with van der Waals surface area (Å²) < 4.78 is 19.2. The molecule has 1 aromatic rings. The van der Waals surface area contributed by atoms with E-state index in [1.165, 1.54) is 6.07 Å². The van der Waals surface area contributed by atoms with Crippen LogP contribution < -0.4 is 0 Å². The molecule has 1 fully saturated rings. The number of morpholine rings is 1. The molecule has 0 aromatic heterocycles. The number of likely N-dealkylation sites (N-methyl/N-ethyl adjacent to an activating group) is 1. The summed E-state index contributed by atoms with van der Waals surface area (Å²) in [7, 11) is 1.69. The van der Waals surface area contributed by atoms with Gasteiger partial charge in [0.25, 0.3) is 0 Å². The molecule has 0 radical (unpaired) electrons. The molecule has 23 heavy (non-hydrogen) atoms. The summed E-state index contributed by atoms with van der Waals surface area (Å²) in [5, 5.41) is 8.76. The molecule has 126 valence electrons. The molecule has 1 saturated heterocycles. The lowest BCUT2D eigenvalue weighted by atomic mass is 10.1. The number of amides is 1. The number of hydrogen-bond acceptors (Lipinski definition) is 4. The lowest BCUT2D eigenvalue weighted by Crippen LogP contribution is -2.50. The minimum atomic E-state index is -0.907. The number of ether oxygens (including phenoxy) is 1. The maximum Gasteiger partial charge on any atom is 0.317 e. The summed E-state index contributed by atoms with van der Waals surface area (Å²) in [5.74, 6) is -1.44. The van der Waals surface area contributed by atoms with Crippen LogP contribution in [0.2, 0.25) is 0 Å². The molecule has 1 unspecified atom stereocenters. The third-order valence-corrected chi connectivity index (χ3v) is 3.71. The molecule has 1 heterocycles. The minimum Gasteiger partial charge on any atom is -0.480 e. The average molecular weight is 324 g/mol. The Morgan fingerprint density at radius 2 is 2.17 bits per heavy atom. The van der Waals surface area contributed by atoms with Crippen molar-refractivity contribution >= 4 is 11.9 Å². The van der Waals surface area contributed by atoms with E-state index in [1.807, 2.05) is 0 Å². The molecule has 6 nitrogen and oxygen atoms in total. The van der Waals surface area contributed by atoms with Gasteiger partial charge in [0.1, 0.15) is 5.82 Å². The van der Waals surface area contributed by atoms with E-state index >= 15 is 0 Å². The first-order valence-corrected chi connectivity index (χ1v) is 7.49. The van der Waals surface area contributed by atoms with Crippen molar-refractivity contribution in [2.45, 2.75) is 12.5 Å². The number of hydrogen-bond donors (Lipinski definition) is 1. The normalized spacial score (nSPS) is 18.2. The van der Waals surface area contributed by atoms with Crippen molar-refractivity contribution in [3.63, 3.8) is 0 Å². The second-order valence-corrected chi connectivity index (χ2v) is 5.69. The molecule has 1 aromatic carbocycles. The summed E-state index contributed by atoms with van der Waals surface area (Å²) in [6.45, 7) is 1.59. The smallest absolute Gasteiger partial charge is 0.317 e. The van der Waals surface area contributed by atoms with Crippen LogP contribution in [-0.4, -0.2) is 72.7 Å². The van der Waals surface area contributed by atoms with Crippen LogP contribution in [0, 0.1) is 5.82 Å². The van der Waals surface area contributed by atoms with Crippen molar-refractivity contribution < 1.29 is 23.8 Å². The van der Waals surface area contributed by atoms with Gasteiger partial charge in [-0.25, -0.2) is 4.39 Å². The number of carboxylic acids is 1. The molecule has 7 heteroatoms. The van der Waals surface area contributed by atoms with Crippen LogP contribution in [-0.2, 0) is 20.7 Å². The van der Waals surface area contributed by atoms with E-state index in [0.29, 0.717) is 31.8 Å². The van der Waals surface area contributed by atoms with Crippen molar-refractivity contribution in [3.05, 3.63) is 35.6 Å². The fraction of sp³-hybridized carbons (Fsp3) is 0.500. The fourth-order valence-corrected chi connectivity index (χ4v) is 2.62. The van der Waals surface area contributed by atoms with Crippen LogP contribution in [0.1, 0.15) is 5.56 Å². The monoisotopic (exact) mass is 324 g/mol. The Balaban J connectivity index is 1.89. The third kappa shape index (κ3) is 5.30. The highest BCUT2D eigenvalue weighted by Crippen LogP contribution is 2.12. The number of carboxylic acid groups (broad SMARTS) is 1. The highest BCUT2D eigenvalue weighted by atomic mass is 19.1. The van der Waals surface area contributed by atoms with Crippen LogP contribution in [0.25, 0.3) is 0 Å². The van der Waals surface area contributed by atoms with Gasteiger partial charge in [0, 0.05) is 19.6 Å². The summed E-state index contributed by atoms with van der Waals surface area (Å²) in [5.41, 5.74) is 0.378. The summed E-state index contributed by atoms with van der Waals surface area (Å²) in [6.07, 6.45) is -0.220. The van der Waals surface area contributed by atoms with E-state index in [1.54, 1.807) is 35.0 Å². The standard InChI is InChI=1S/C16H21FN2O4/c1-18(11-16(21)22)9-13-10-19(6-7-23-13)15(20)8-12-4-2-3-5-14(12)17/h2-5,13H,6-11H2,1H3,(H,21,22). The van der Waals surface area contributed by atoms with Crippen molar-refractivity contribution in [3.8, 4) is 0 Å². The number of carbonyl (C=O) groups excluding carboxylic acids is 1. The Kier molecular flexibility index (Phi) is 6.06. The molecule has 0 spiro atoms. The third-order valence-electron chi connectivity index (χ3n) is 3.71. The molecule has 0 saturated carbocycles. The van der Waals surface area contributed by atoms with Gasteiger partial charge in [0.15, 0.2) is 0 Å². The highest BCUT2D eigenvalue weighted by Gasteiger charge is 2.25. The maximum absolute atomic E-state index is 13.6. The van der Waals surface area contributed by atoms with Gasteiger partial charge in [-0.3, -0.25) is 14.5 Å². The topological polar surface area (TPSA) is 70.1 Å². The molecular formula is C16H21FN2O4. The molecule has 1 aliphatic heterocycles. The Hall–Kier alpha value is -1.99. The van der Waals surface area contributed by atoms with Crippen LogP contribution in [0.3, 0.4) is 0 Å². The van der Waals surface area contributed by atoms with E-state index < -0.39 is 5.97 Å². The second-order valence-electron chi connectivity index (χ2n) is 5.69. The largest absolute Gasteiger partial charge is 0.480 e. The van der Waals surface area contributed by atoms with Gasteiger partial charge in [0.05, 0.1) is 25.7 Å². The Labute approximate surface area is 134 Å². The maximum atomic E-state index is 13.6. The average Bonchev–Trinajstić information content (AvgIpc) is 2.49. The number of halogens is 1. The zero-order chi connectivity index (χ0) is 16.8. The van der Waals surface area contributed by atoms with E-state index in [-0.39, 0.29) is 30.8 Å². The number of nitrogens with zero attached hydrogens (tertiary/aromatic N) is 2. The van der Waals surface area contributed by atoms with Crippen LogP contribution >= 0.6 is 0 Å². The molecule has 2 rings (SSSR count). The Morgan fingerprint density at radius 1 is 1.43 bits per heavy atom. The first kappa shape index (κ1) is 17.4. The van der Waals surface area contributed by atoms with Gasteiger partial charge in [-0.05, 0) is 18.7 Å². The summed E-state index contributed by atoms with van der Waals surface area (Å²) in [4.78, 5) is 26.3. The van der Waals surface area contributed by atoms with Crippen molar-refractivity contribution in [2.24, 2.45) is 0 Å². The van der Waals surface area contributed by atoms with Crippen LogP contribution in [0.5, 0.6) is 0 Å². The molecule has 0 aliphatic carbocycles. The molecule has 1 atom stereocenters. The SMILES string of the molecule is CN(CC(=O)O)CC1CN(C(=O)Cc2ccccc2F)CCO1. The number of rotatable bonds is 6. The summed E-state index contributed by atoms with van der Waals surface area (Å²) >= 11 is 0. The summed E-state index contributed by atoms with van der Waals surface area (Å²) in [6, 6.07) is 6.23. The van der Waals surface area contributed by atoms with Crippen LogP contribution in [0.4, 0.5) is 4.39 Å². The van der Waals surface area contributed by atoms with Crippen molar-refractivity contribution in [1.82, 2.24) is 9.80 Å². The quantitative estimate of drug-likeness (QED) is 0.830. The zero-order valence-electron chi connectivity index (χ0n) is 13.1. The Bertz CT molecular complexity index is 567. The van der Waals surface area contributed by atoms with E-state index in [4.69, 9.17) is 9.84 Å². The number of aliphatic carboxylic acids is 1. The molecule has 1 aliphatic rings. The van der Waals surface area contributed by atoms with E-state index in [9.17, 15) is 14.0 Å². The predicted octanol–water partition coefficient (Wildman–Crippen LogP) is 0.612. The zero-order valence-corrected chi connectivity index (χ0v) is 13.1. The first-order valence-electron chi connectivity index (χ1n) is 7.49. The van der Waals surface area contributed by atoms with Crippen molar-refractivity contribution in [1.29, 1.82) is 0 Å². The second kappa shape index (κ2) is 8.03. The van der Waals surface area contributed by atoms with Gasteiger partial charge >= 0.3 is 5.97 Å². The lowest BCUT2D eigenvalue weighted by molar-refractivity contribution is -0.142. The van der Waals surface area contributed by atoms with Gasteiger partial charge in [-0.2, -0.15) is 0 Å². The highest BCUT2D eigenvalue weighted by molar-refractivity contribution is 5.79. The molecule has 1 amide bonds. The number of benzene rings is 1. The van der Waals surface area contributed by atoms with Gasteiger partial charge in [0.2, 0.25) is 5.91 Å². The van der Waals surface area contributed by atoms with E-state index in [0.717, 1.165) is 0 Å². The van der Waals surface area contributed by atoms with E-state index in [2.05, 4.69) is 0 Å². The van der Waals surface area contributed by atoms with Gasteiger partial charge in [-0.15, -0.1) is 0 Å². The minimum absolute atomic E-state index is 0.0182. The first-order chi connectivity index (χ1) is 11.0. The lowest BCUT2D eigenvalue weighted by Gasteiger charge is -2.34. The van der Waals surface area contributed by atoms with Gasteiger partial charge < -0.3 is 14.7 Å². The van der Waals surface area contributed by atoms with Crippen LogP contribution in [0.15, 0.2) is 24.3 Å². The molecular weight excluding hydrogens is 303 g/mol. The Morgan fingerprint density at radius 3 is 2.87 bits per heavy atom.